The van der Waals surface area contributed by atoms with Crippen molar-refractivity contribution in [1.29, 1.82) is 0 Å². The SMILES string of the molecule is O=C(N[C@@H](Cc1c(F)cccc1F)C(=O)O)c1ccc(-c2ccccc2Cl)nc1. The lowest BCUT2D eigenvalue weighted by Crippen LogP contribution is -2.42. The second kappa shape index (κ2) is 8.79. The topological polar surface area (TPSA) is 79.3 Å². The number of aliphatic carboxylic acids is 1. The Morgan fingerprint density at radius 1 is 1.03 bits per heavy atom. The summed E-state index contributed by atoms with van der Waals surface area (Å²) >= 11 is 6.12. The third-order valence-electron chi connectivity index (χ3n) is 4.25. The van der Waals surface area contributed by atoms with Gasteiger partial charge in [-0.25, -0.2) is 13.6 Å². The Morgan fingerprint density at radius 2 is 1.72 bits per heavy atom. The molecular weight excluding hydrogens is 402 g/mol. The van der Waals surface area contributed by atoms with Crippen LogP contribution in [0.4, 0.5) is 8.78 Å². The van der Waals surface area contributed by atoms with E-state index in [0.717, 1.165) is 12.1 Å². The molecule has 1 heterocycles. The van der Waals surface area contributed by atoms with Crippen molar-refractivity contribution in [2.75, 3.05) is 0 Å². The second-order valence-electron chi connectivity index (χ2n) is 6.18. The predicted octanol–water partition coefficient (Wildman–Crippen LogP) is 4.11. The number of hydrogen-bond acceptors (Lipinski definition) is 3. The van der Waals surface area contributed by atoms with Gasteiger partial charge in [-0.15, -0.1) is 0 Å². The summed E-state index contributed by atoms with van der Waals surface area (Å²) in [6.45, 7) is 0. The van der Waals surface area contributed by atoms with Crippen LogP contribution in [0.1, 0.15) is 15.9 Å². The van der Waals surface area contributed by atoms with Crippen molar-refractivity contribution in [3.8, 4) is 11.3 Å². The minimum atomic E-state index is -1.52. The summed E-state index contributed by atoms with van der Waals surface area (Å²) in [4.78, 5) is 28.1. The number of benzene rings is 2. The van der Waals surface area contributed by atoms with Crippen LogP contribution in [0.5, 0.6) is 0 Å². The van der Waals surface area contributed by atoms with E-state index in [0.29, 0.717) is 16.3 Å². The molecule has 29 heavy (non-hydrogen) atoms. The van der Waals surface area contributed by atoms with Crippen LogP contribution in [-0.2, 0) is 11.2 Å². The molecule has 0 spiro atoms. The molecule has 0 unspecified atom stereocenters. The van der Waals surface area contributed by atoms with E-state index in [1.807, 2.05) is 0 Å². The van der Waals surface area contributed by atoms with Gasteiger partial charge in [0.2, 0.25) is 0 Å². The van der Waals surface area contributed by atoms with Gasteiger partial charge in [0.05, 0.1) is 11.3 Å². The maximum absolute atomic E-state index is 13.8. The van der Waals surface area contributed by atoms with Crippen LogP contribution in [-0.4, -0.2) is 28.0 Å². The number of aromatic nitrogens is 1. The molecule has 0 bridgehead atoms. The van der Waals surface area contributed by atoms with Crippen molar-refractivity contribution in [3.05, 3.63) is 88.6 Å². The average molecular weight is 417 g/mol. The molecule has 1 atom stereocenters. The molecule has 0 aliphatic carbocycles. The zero-order valence-electron chi connectivity index (χ0n) is 14.9. The van der Waals surface area contributed by atoms with Crippen LogP contribution < -0.4 is 5.32 Å². The number of rotatable bonds is 6. The zero-order valence-corrected chi connectivity index (χ0v) is 15.7. The molecule has 3 aromatic rings. The maximum Gasteiger partial charge on any atom is 0.326 e. The molecule has 5 nitrogen and oxygen atoms in total. The Kier molecular flexibility index (Phi) is 6.19. The van der Waals surface area contributed by atoms with Crippen LogP contribution in [0.25, 0.3) is 11.3 Å². The molecule has 3 rings (SSSR count). The molecule has 0 saturated carbocycles. The van der Waals surface area contributed by atoms with Gasteiger partial charge in [0, 0.05) is 28.8 Å². The standard InChI is InChI=1S/C21H15ClF2N2O3/c22-15-5-2-1-4-13(15)18-9-8-12(11-25-18)20(27)26-19(21(28)29)10-14-16(23)6-3-7-17(14)24/h1-9,11,19H,10H2,(H,26,27)(H,28,29)/t19-/m0/s1. The smallest absolute Gasteiger partial charge is 0.326 e. The van der Waals surface area contributed by atoms with E-state index in [4.69, 9.17) is 11.6 Å². The first kappa shape index (κ1) is 20.4. The lowest BCUT2D eigenvalue weighted by molar-refractivity contribution is -0.139. The Bertz CT molecular complexity index is 1040. The van der Waals surface area contributed by atoms with Gasteiger partial charge in [0.15, 0.2) is 0 Å². The van der Waals surface area contributed by atoms with Crippen molar-refractivity contribution < 1.29 is 23.5 Å². The van der Waals surface area contributed by atoms with E-state index in [1.54, 1.807) is 30.3 Å². The first-order chi connectivity index (χ1) is 13.9. The van der Waals surface area contributed by atoms with Crippen molar-refractivity contribution >= 4 is 23.5 Å². The fraction of sp³-hybridized carbons (Fsp3) is 0.0952. The third-order valence-corrected chi connectivity index (χ3v) is 4.58. The van der Waals surface area contributed by atoms with Gasteiger partial charge in [-0.3, -0.25) is 9.78 Å². The van der Waals surface area contributed by atoms with Crippen LogP contribution in [0.2, 0.25) is 5.02 Å². The van der Waals surface area contributed by atoms with E-state index in [1.165, 1.54) is 18.3 Å². The monoisotopic (exact) mass is 416 g/mol. The van der Waals surface area contributed by atoms with Crippen molar-refractivity contribution in [1.82, 2.24) is 10.3 Å². The number of nitrogens with zero attached hydrogens (tertiary/aromatic N) is 1. The molecule has 8 heteroatoms. The van der Waals surface area contributed by atoms with Gasteiger partial charge < -0.3 is 10.4 Å². The van der Waals surface area contributed by atoms with Crippen molar-refractivity contribution in [2.24, 2.45) is 0 Å². The number of pyridine rings is 1. The normalized spacial score (nSPS) is 11.7. The Hall–Kier alpha value is -3.32. The molecule has 0 radical (unpaired) electrons. The van der Waals surface area contributed by atoms with E-state index in [2.05, 4.69) is 10.3 Å². The Morgan fingerprint density at radius 3 is 2.31 bits per heavy atom. The van der Waals surface area contributed by atoms with Gasteiger partial charge in [0.25, 0.3) is 5.91 Å². The Labute approximate surface area is 170 Å². The summed E-state index contributed by atoms with van der Waals surface area (Å²) in [5.74, 6) is -3.90. The molecule has 2 N–H and O–H groups in total. The molecule has 0 aliphatic rings. The number of halogens is 3. The minimum Gasteiger partial charge on any atom is -0.480 e. The van der Waals surface area contributed by atoms with Gasteiger partial charge >= 0.3 is 5.97 Å². The van der Waals surface area contributed by atoms with E-state index >= 15 is 0 Å². The summed E-state index contributed by atoms with van der Waals surface area (Å²) in [5.41, 5.74) is 0.906. The number of hydrogen-bond donors (Lipinski definition) is 2. The van der Waals surface area contributed by atoms with Gasteiger partial charge in [-0.1, -0.05) is 35.9 Å². The van der Waals surface area contributed by atoms with Gasteiger partial charge in [0.1, 0.15) is 17.7 Å². The number of amides is 1. The van der Waals surface area contributed by atoms with Crippen LogP contribution in [0.15, 0.2) is 60.8 Å². The highest BCUT2D eigenvalue weighted by molar-refractivity contribution is 6.33. The molecule has 1 amide bonds. The van der Waals surface area contributed by atoms with Crippen molar-refractivity contribution in [3.63, 3.8) is 0 Å². The van der Waals surface area contributed by atoms with Gasteiger partial charge in [-0.05, 0) is 30.3 Å². The Balaban J connectivity index is 1.77. The average Bonchev–Trinajstić information content (AvgIpc) is 2.70. The van der Waals surface area contributed by atoms with Gasteiger partial charge in [-0.2, -0.15) is 0 Å². The molecule has 1 aromatic heterocycles. The summed E-state index contributed by atoms with van der Waals surface area (Å²) in [5, 5.41) is 12.1. The number of carbonyl (C=O) groups excluding carboxylic acids is 1. The summed E-state index contributed by atoms with van der Waals surface area (Å²) in [6.07, 6.45) is 0.737. The number of carbonyl (C=O) groups is 2. The minimum absolute atomic E-state index is 0.0982. The van der Waals surface area contributed by atoms with Crippen LogP contribution in [0.3, 0.4) is 0 Å². The first-order valence-electron chi connectivity index (χ1n) is 8.54. The highest BCUT2D eigenvalue weighted by Gasteiger charge is 2.24. The molecule has 2 aromatic carbocycles. The summed E-state index contributed by atoms with van der Waals surface area (Å²) in [6, 6.07) is 11.8. The quantitative estimate of drug-likeness (QED) is 0.634. The second-order valence-corrected chi connectivity index (χ2v) is 6.59. The van der Waals surface area contributed by atoms with E-state index < -0.39 is 41.5 Å². The third kappa shape index (κ3) is 4.75. The zero-order chi connectivity index (χ0) is 21.0. The maximum atomic E-state index is 13.8. The molecule has 148 valence electrons. The first-order valence-corrected chi connectivity index (χ1v) is 8.92. The highest BCUT2D eigenvalue weighted by atomic mass is 35.5. The lowest BCUT2D eigenvalue weighted by atomic mass is 10.0. The number of nitrogens with one attached hydrogen (secondary N) is 1. The molecule has 0 saturated heterocycles. The van der Waals surface area contributed by atoms with E-state index in [-0.39, 0.29) is 5.56 Å². The predicted molar refractivity (Wildman–Crippen MR) is 104 cm³/mol. The van der Waals surface area contributed by atoms with Crippen molar-refractivity contribution in [2.45, 2.75) is 12.5 Å². The largest absolute Gasteiger partial charge is 0.480 e. The van der Waals surface area contributed by atoms with Crippen LogP contribution in [0, 0.1) is 11.6 Å². The molecular formula is C21H15ClF2N2O3. The van der Waals surface area contributed by atoms with Crippen LogP contribution >= 0.6 is 11.6 Å². The summed E-state index contributed by atoms with van der Waals surface area (Å²) < 4.78 is 27.6. The molecule has 0 fully saturated rings. The number of carboxylic acids is 1. The van der Waals surface area contributed by atoms with E-state index in [9.17, 15) is 23.5 Å². The fourth-order valence-corrected chi connectivity index (χ4v) is 2.96. The molecule has 0 aliphatic heterocycles. The highest BCUT2D eigenvalue weighted by Crippen LogP contribution is 2.25. The number of carboxylic acid groups (broad SMARTS) is 1. The fourth-order valence-electron chi connectivity index (χ4n) is 2.73. The lowest BCUT2D eigenvalue weighted by Gasteiger charge is -2.15. The summed E-state index contributed by atoms with van der Waals surface area (Å²) in [7, 11) is 0.